The van der Waals surface area contributed by atoms with Gasteiger partial charge in [0.25, 0.3) is 0 Å². The average molecular weight is 298 g/mol. The largest absolute Gasteiger partial charge is 0.354 e. The number of H-pyrrole nitrogens is 2. The van der Waals surface area contributed by atoms with E-state index in [0.29, 0.717) is 0 Å². The molecular formula is C21H18N2. The summed E-state index contributed by atoms with van der Waals surface area (Å²) < 4.78 is 0. The van der Waals surface area contributed by atoms with Crippen molar-refractivity contribution in [3.8, 4) is 0 Å². The van der Waals surface area contributed by atoms with Crippen LogP contribution in [0.15, 0.2) is 48.6 Å². The van der Waals surface area contributed by atoms with Gasteiger partial charge in [-0.15, -0.1) is 0 Å². The quantitative estimate of drug-likeness (QED) is 0.407. The van der Waals surface area contributed by atoms with Crippen LogP contribution in [0, 0.1) is 5.41 Å². The molecule has 2 N–H and O–H groups in total. The molecule has 0 radical (unpaired) electrons. The van der Waals surface area contributed by atoms with Gasteiger partial charge in [-0.25, -0.2) is 0 Å². The van der Waals surface area contributed by atoms with Crippen molar-refractivity contribution in [2.24, 2.45) is 5.41 Å². The van der Waals surface area contributed by atoms with Gasteiger partial charge in [0.05, 0.1) is 0 Å². The molecular weight excluding hydrogens is 280 g/mol. The van der Waals surface area contributed by atoms with Crippen molar-refractivity contribution in [2.75, 3.05) is 0 Å². The minimum absolute atomic E-state index is 0.0943. The first-order valence-electron chi connectivity index (χ1n) is 8.05. The number of para-hydroxylation sites is 1. The topological polar surface area (TPSA) is 31.6 Å². The molecule has 0 saturated heterocycles. The van der Waals surface area contributed by atoms with Crippen LogP contribution < -0.4 is 0 Å². The van der Waals surface area contributed by atoms with Crippen molar-refractivity contribution >= 4 is 44.9 Å². The maximum atomic E-state index is 3.57. The van der Waals surface area contributed by atoms with E-state index in [4.69, 9.17) is 0 Å². The van der Waals surface area contributed by atoms with Crippen LogP contribution in [0.25, 0.3) is 44.9 Å². The molecule has 0 fully saturated rings. The van der Waals surface area contributed by atoms with Crippen molar-refractivity contribution < 1.29 is 0 Å². The minimum atomic E-state index is 0.0943. The minimum Gasteiger partial charge on any atom is -0.354 e. The van der Waals surface area contributed by atoms with Gasteiger partial charge in [0, 0.05) is 49.4 Å². The highest BCUT2D eigenvalue weighted by atomic mass is 14.7. The molecule has 2 aromatic carbocycles. The predicted octanol–water partition coefficient (Wildman–Crippen LogP) is 5.87. The van der Waals surface area contributed by atoms with Gasteiger partial charge < -0.3 is 9.97 Å². The molecule has 0 bridgehead atoms. The molecule has 2 heteroatoms. The molecule has 1 aliphatic rings. The fourth-order valence-corrected chi connectivity index (χ4v) is 3.54. The van der Waals surface area contributed by atoms with E-state index < -0.39 is 0 Å². The molecule has 112 valence electrons. The highest BCUT2D eigenvalue weighted by molar-refractivity contribution is 6.13. The van der Waals surface area contributed by atoms with E-state index in [1.807, 2.05) is 0 Å². The van der Waals surface area contributed by atoms with Crippen LogP contribution in [0.5, 0.6) is 0 Å². The van der Waals surface area contributed by atoms with Crippen LogP contribution in [-0.4, -0.2) is 9.97 Å². The van der Waals surface area contributed by atoms with Gasteiger partial charge in [0.2, 0.25) is 0 Å². The lowest BCUT2D eigenvalue weighted by Crippen LogP contribution is -2.00. The first-order valence-corrected chi connectivity index (χ1v) is 8.05. The molecule has 23 heavy (non-hydrogen) atoms. The molecule has 0 amide bonds. The number of nitrogens with one attached hydrogen (secondary N) is 2. The standard InChI is InChI=1S/C21H18N2/c1-21(2)9-7-14-16-11-15-13-5-3-4-6-17(13)22-19(15)12-20(16)23-18(14)8-10-21/h3-12,22-23H,1-2H3. The molecule has 0 atom stereocenters. The third-order valence-corrected chi connectivity index (χ3v) is 4.85. The Hall–Kier alpha value is -2.74. The zero-order valence-electron chi connectivity index (χ0n) is 13.3. The normalized spacial score (nSPS) is 16.3. The Morgan fingerprint density at radius 3 is 2.43 bits per heavy atom. The summed E-state index contributed by atoms with van der Waals surface area (Å²) in [4.78, 5) is 7.09. The van der Waals surface area contributed by atoms with E-state index >= 15 is 0 Å². The first-order chi connectivity index (χ1) is 11.1. The second-order valence-corrected chi connectivity index (χ2v) is 7.05. The van der Waals surface area contributed by atoms with Crippen molar-refractivity contribution in [1.82, 2.24) is 9.97 Å². The fraction of sp³-hybridized carbons (Fsp3) is 0.143. The molecule has 0 spiro atoms. The van der Waals surface area contributed by atoms with Gasteiger partial charge in [0.1, 0.15) is 0 Å². The molecule has 0 saturated carbocycles. The summed E-state index contributed by atoms with van der Waals surface area (Å²) in [6.07, 6.45) is 9.00. The molecule has 1 aliphatic carbocycles. The van der Waals surface area contributed by atoms with Crippen molar-refractivity contribution in [3.05, 3.63) is 59.8 Å². The Bertz CT molecular complexity index is 1130. The number of rotatable bonds is 0. The van der Waals surface area contributed by atoms with Crippen molar-refractivity contribution in [2.45, 2.75) is 13.8 Å². The second-order valence-electron chi connectivity index (χ2n) is 7.05. The summed E-state index contributed by atoms with van der Waals surface area (Å²) in [5, 5.41) is 3.86. The summed E-state index contributed by atoms with van der Waals surface area (Å²) in [5.41, 5.74) is 6.13. The third kappa shape index (κ3) is 1.81. The number of allylic oxidation sites excluding steroid dienone is 2. The van der Waals surface area contributed by atoms with Crippen molar-refractivity contribution in [3.63, 3.8) is 0 Å². The van der Waals surface area contributed by atoms with Gasteiger partial charge in [-0.1, -0.05) is 50.3 Å². The molecule has 4 aromatic rings. The monoisotopic (exact) mass is 298 g/mol. The van der Waals surface area contributed by atoms with Gasteiger partial charge in [-0.2, -0.15) is 0 Å². The zero-order chi connectivity index (χ0) is 15.6. The maximum Gasteiger partial charge on any atom is 0.0486 e. The molecule has 5 rings (SSSR count). The van der Waals surface area contributed by atoms with Crippen LogP contribution in [0.2, 0.25) is 0 Å². The summed E-state index contributed by atoms with van der Waals surface area (Å²) in [6.45, 7) is 4.46. The SMILES string of the molecule is CC1(C)C=Cc2[nH]c3cc4[nH]c5ccccc5c4cc3c2C=C1. The van der Waals surface area contributed by atoms with E-state index in [0.717, 1.165) is 0 Å². The average Bonchev–Trinajstić information content (AvgIpc) is 3.01. The summed E-state index contributed by atoms with van der Waals surface area (Å²) >= 11 is 0. The van der Waals surface area contributed by atoms with E-state index in [1.54, 1.807) is 0 Å². The number of benzene rings is 2. The van der Waals surface area contributed by atoms with Gasteiger partial charge in [-0.3, -0.25) is 0 Å². The van der Waals surface area contributed by atoms with Crippen LogP contribution in [0.3, 0.4) is 0 Å². The lowest BCUT2D eigenvalue weighted by atomic mass is 9.93. The zero-order valence-corrected chi connectivity index (χ0v) is 13.3. The Labute approximate surface area is 134 Å². The number of aromatic amines is 2. The van der Waals surface area contributed by atoms with Gasteiger partial charge >= 0.3 is 0 Å². The van der Waals surface area contributed by atoms with Crippen LogP contribution in [0.1, 0.15) is 25.1 Å². The van der Waals surface area contributed by atoms with Crippen LogP contribution in [0.4, 0.5) is 0 Å². The Morgan fingerprint density at radius 2 is 1.52 bits per heavy atom. The van der Waals surface area contributed by atoms with Crippen LogP contribution >= 0.6 is 0 Å². The Morgan fingerprint density at radius 1 is 0.739 bits per heavy atom. The maximum absolute atomic E-state index is 3.57. The first kappa shape index (κ1) is 12.8. The highest BCUT2D eigenvalue weighted by Gasteiger charge is 2.16. The number of aromatic nitrogens is 2. The van der Waals surface area contributed by atoms with Crippen LogP contribution in [-0.2, 0) is 0 Å². The lowest BCUT2D eigenvalue weighted by Gasteiger charge is -2.12. The highest BCUT2D eigenvalue weighted by Crippen LogP contribution is 2.35. The van der Waals surface area contributed by atoms with E-state index in [2.05, 4.69) is 84.5 Å². The summed E-state index contributed by atoms with van der Waals surface area (Å²) in [7, 11) is 0. The van der Waals surface area contributed by atoms with Crippen molar-refractivity contribution in [1.29, 1.82) is 0 Å². The number of hydrogen-bond acceptors (Lipinski definition) is 0. The lowest BCUT2D eigenvalue weighted by molar-refractivity contribution is 0.633. The summed E-state index contributed by atoms with van der Waals surface area (Å²) in [6, 6.07) is 13.0. The van der Waals surface area contributed by atoms with Gasteiger partial charge in [-0.05, 0) is 24.3 Å². The predicted molar refractivity (Wildman–Crippen MR) is 99.5 cm³/mol. The summed E-state index contributed by atoms with van der Waals surface area (Å²) in [5.74, 6) is 0. The molecule has 2 heterocycles. The van der Waals surface area contributed by atoms with E-state index in [-0.39, 0.29) is 5.41 Å². The second kappa shape index (κ2) is 4.17. The Balaban J connectivity index is 1.88. The number of fused-ring (bicyclic) bond motifs is 6. The fourth-order valence-electron chi connectivity index (χ4n) is 3.54. The van der Waals surface area contributed by atoms with E-state index in [1.165, 1.54) is 44.0 Å². The van der Waals surface area contributed by atoms with E-state index in [9.17, 15) is 0 Å². The molecule has 0 unspecified atom stereocenters. The van der Waals surface area contributed by atoms with Gasteiger partial charge in [0.15, 0.2) is 0 Å². The third-order valence-electron chi connectivity index (χ3n) is 4.85. The smallest absolute Gasteiger partial charge is 0.0486 e. The molecule has 2 nitrogen and oxygen atoms in total. The number of hydrogen-bond donors (Lipinski definition) is 2. The molecule has 2 aromatic heterocycles. The molecule has 0 aliphatic heterocycles. The Kier molecular flexibility index (Phi) is 2.31.